The molecular weight excluding hydrogens is 271 g/mol. The molecule has 2 aromatic carbocycles. The quantitative estimate of drug-likeness (QED) is 0.803. The lowest BCUT2D eigenvalue weighted by atomic mass is 9.99. The Balaban J connectivity index is 2.11. The fraction of sp³-hybridized carbons (Fsp3) is 0.188. The predicted molar refractivity (Wildman–Crippen MR) is 78.2 cm³/mol. The van der Waals surface area contributed by atoms with Gasteiger partial charge in [0.1, 0.15) is 12.4 Å². The van der Waals surface area contributed by atoms with Crippen LogP contribution in [0.3, 0.4) is 0 Å². The van der Waals surface area contributed by atoms with Gasteiger partial charge in [-0.15, -0.1) is 0 Å². The van der Waals surface area contributed by atoms with Gasteiger partial charge < -0.3 is 15.8 Å². The van der Waals surface area contributed by atoms with Crippen molar-refractivity contribution in [2.75, 3.05) is 13.2 Å². The summed E-state index contributed by atoms with van der Waals surface area (Å²) in [6.07, 6.45) is -0.796. The lowest BCUT2D eigenvalue weighted by Gasteiger charge is -2.19. The van der Waals surface area contributed by atoms with E-state index in [0.717, 1.165) is 11.1 Å². The van der Waals surface area contributed by atoms with Crippen LogP contribution in [0.25, 0.3) is 0 Å². The van der Waals surface area contributed by atoms with Crippen LogP contribution in [-0.2, 0) is 4.74 Å². The number of rotatable bonds is 6. The summed E-state index contributed by atoms with van der Waals surface area (Å²) < 4.78 is 17.8. The molecule has 0 spiro atoms. The number of primary amides is 1. The van der Waals surface area contributed by atoms with E-state index in [1.165, 1.54) is 12.1 Å². The molecule has 0 bridgehead atoms. The van der Waals surface area contributed by atoms with E-state index in [0.29, 0.717) is 6.54 Å². The van der Waals surface area contributed by atoms with Gasteiger partial charge in [0.25, 0.3) is 0 Å². The first-order chi connectivity index (χ1) is 10.2. The van der Waals surface area contributed by atoms with Gasteiger partial charge in [-0.2, -0.15) is 0 Å². The molecule has 1 unspecified atom stereocenters. The third-order valence-corrected chi connectivity index (χ3v) is 3.03. The van der Waals surface area contributed by atoms with Gasteiger partial charge in [-0.25, -0.2) is 9.18 Å². The van der Waals surface area contributed by atoms with Crippen molar-refractivity contribution in [3.63, 3.8) is 0 Å². The standard InChI is InChI=1S/C16H17FN2O2/c17-14-8-6-13(7-9-14)15(12-4-2-1-3-5-12)19-10-11-21-16(18)20/h1-9,15,19H,10-11H2,(H2,18,20). The van der Waals surface area contributed by atoms with Gasteiger partial charge in [-0.05, 0) is 23.3 Å². The second-order valence-electron chi connectivity index (χ2n) is 4.52. The van der Waals surface area contributed by atoms with Gasteiger partial charge in [-0.1, -0.05) is 42.5 Å². The fourth-order valence-corrected chi connectivity index (χ4v) is 2.08. The maximum atomic E-state index is 13.1. The Labute approximate surface area is 122 Å². The molecule has 2 rings (SSSR count). The number of nitrogens with one attached hydrogen (secondary N) is 1. The van der Waals surface area contributed by atoms with Crippen LogP contribution in [0.4, 0.5) is 9.18 Å². The van der Waals surface area contributed by atoms with Crippen LogP contribution in [0.1, 0.15) is 17.2 Å². The van der Waals surface area contributed by atoms with Crippen molar-refractivity contribution in [2.24, 2.45) is 5.73 Å². The molecule has 110 valence electrons. The SMILES string of the molecule is NC(=O)OCCNC(c1ccccc1)c1ccc(F)cc1. The van der Waals surface area contributed by atoms with E-state index in [9.17, 15) is 9.18 Å². The van der Waals surface area contributed by atoms with E-state index in [-0.39, 0.29) is 18.5 Å². The second-order valence-corrected chi connectivity index (χ2v) is 4.52. The molecule has 5 heteroatoms. The van der Waals surface area contributed by atoms with E-state index < -0.39 is 6.09 Å². The summed E-state index contributed by atoms with van der Waals surface area (Å²) in [5.41, 5.74) is 6.89. The summed E-state index contributed by atoms with van der Waals surface area (Å²) in [5.74, 6) is -0.275. The van der Waals surface area contributed by atoms with Crippen LogP contribution < -0.4 is 11.1 Å². The lowest BCUT2D eigenvalue weighted by Crippen LogP contribution is -2.28. The molecule has 0 aromatic heterocycles. The van der Waals surface area contributed by atoms with E-state index in [2.05, 4.69) is 5.32 Å². The maximum absolute atomic E-state index is 13.1. The monoisotopic (exact) mass is 288 g/mol. The zero-order valence-corrected chi connectivity index (χ0v) is 11.5. The summed E-state index contributed by atoms with van der Waals surface area (Å²) in [6, 6.07) is 16.0. The minimum absolute atomic E-state index is 0.108. The molecule has 21 heavy (non-hydrogen) atoms. The van der Waals surface area contributed by atoms with E-state index in [1.54, 1.807) is 12.1 Å². The minimum Gasteiger partial charge on any atom is -0.448 e. The van der Waals surface area contributed by atoms with Crippen LogP contribution in [0.15, 0.2) is 54.6 Å². The smallest absolute Gasteiger partial charge is 0.404 e. The minimum atomic E-state index is -0.796. The van der Waals surface area contributed by atoms with Crippen LogP contribution in [0.2, 0.25) is 0 Å². The van der Waals surface area contributed by atoms with Crippen molar-refractivity contribution in [1.82, 2.24) is 5.32 Å². The Morgan fingerprint density at radius 2 is 1.71 bits per heavy atom. The highest BCUT2D eigenvalue weighted by Crippen LogP contribution is 2.21. The van der Waals surface area contributed by atoms with Crippen molar-refractivity contribution in [2.45, 2.75) is 6.04 Å². The number of halogens is 1. The Hall–Kier alpha value is -2.40. The number of nitrogens with two attached hydrogens (primary N) is 1. The Kier molecular flexibility index (Phi) is 5.29. The number of benzene rings is 2. The molecule has 4 nitrogen and oxygen atoms in total. The van der Waals surface area contributed by atoms with E-state index in [4.69, 9.17) is 10.5 Å². The molecular formula is C16H17FN2O2. The first kappa shape index (κ1) is 15.0. The first-order valence-corrected chi connectivity index (χ1v) is 6.63. The number of carbonyl (C=O) groups is 1. The van der Waals surface area contributed by atoms with Crippen LogP contribution >= 0.6 is 0 Å². The molecule has 0 aliphatic rings. The number of hydrogen-bond donors (Lipinski definition) is 2. The lowest BCUT2D eigenvalue weighted by molar-refractivity contribution is 0.156. The fourth-order valence-electron chi connectivity index (χ4n) is 2.08. The average molecular weight is 288 g/mol. The van der Waals surface area contributed by atoms with Gasteiger partial charge in [0.2, 0.25) is 0 Å². The molecule has 1 atom stereocenters. The largest absolute Gasteiger partial charge is 0.448 e. The molecule has 0 fully saturated rings. The highest BCUT2D eigenvalue weighted by atomic mass is 19.1. The van der Waals surface area contributed by atoms with Crippen molar-refractivity contribution in [3.05, 3.63) is 71.5 Å². The molecule has 0 saturated heterocycles. The highest BCUT2D eigenvalue weighted by Gasteiger charge is 2.13. The molecule has 2 aromatic rings. The maximum Gasteiger partial charge on any atom is 0.404 e. The Morgan fingerprint density at radius 1 is 1.10 bits per heavy atom. The zero-order chi connectivity index (χ0) is 15.1. The van der Waals surface area contributed by atoms with Crippen LogP contribution in [0.5, 0.6) is 0 Å². The van der Waals surface area contributed by atoms with Gasteiger partial charge in [0.15, 0.2) is 0 Å². The number of ether oxygens (including phenoxy) is 1. The third-order valence-electron chi connectivity index (χ3n) is 3.03. The van der Waals surface area contributed by atoms with Crippen LogP contribution in [0, 0.1) is 5.82 Å². The molecule has 0 saturated carbocycles. The summed E-state index contributed by atoms with van der Waals surface area (Å²) in [7, 11) is 0. The number of carbonyl (C=O) groups excluding carboxylic acids is 1. The van der Waals surface area contributed by atoms with Crippen molar-refractivity contribution in [3.8, 4) is 0 Å². The average Bonchev–Trinajstić information content (AvgIpc) is 2.49. The van der Waals surface area contributed by atoms with Gasteiger partial charge in [-0.3, -0.25) is 0 Å². The Morgan fingerprint density at radius 3 is 2.33 bits per heavy atom. The molecule has 0 heterocycles. The van der Waals surface area contributed by atoms with Gasteiger partial charge in [0, 0.05) is 6.54 Å². The van der Waals surface area contributed by atoms with Crippen LogP contribution in [-0.4, -0.2) is 19.2 Å². The normalized spacial score (nSPS) is 11.9. The predicted octanol–water partition coefficient (Wildman–Crippen LogP) is 2.60. The van der Waals surface area contributed by atoms with E-state index in [1.807, 2.05) is 30.3 Å². The first-order valence-electron chi connectivity index (χ1n) is 6.63. The van der Waals surface area contributed by atoms with Gasteiger partial charge in [0.05, 0.1) is 6.04 Å². The zero-order valence-electron chi connectivity index (χ0n) is 11.5. The molecule has 0 aliphatic carbocycles. The molecule has 0 aliphatic heterocycles. The van der Waals surface area contributed by atoms with Gasteiger partial charge >= 0.3 is 6.09 Å². The van der Waals surface area contributed by atoms with Crippen molar-refractivity contribution in [1.29, 1.82) is 0 Å². The molecule has 0 radical (unpaired) electrons. The number of amides is 1. The van der Waals surface area contributed by atoms with E-state index >= 15 is 0 Å². The van der Waals surface area contributed by atoms with Crippen molar-refractivity contribution >= 4 is 6.09 Å². The summed E-state index contributed by atoms with van der Waals surface area (Å²) >= 11 is 0. The molecule has 1 amide bonds. The third kappa shape index (κ3) is 4.57. The summed E-state index contributed by atoms with van der Waals surface area (Å²) in [4.78, 5) is 10.6. The summed E-state index contributed by atoms with van der Waals surface area (Å²) in [6.45, 7) is 0.625. The highest BCUT2D eigenvalue weighted by molar-refractivity contribution is 5.64. The van der Waals surface area contributed by atoms with Crippen molar-refractivity contribution < 1.29 is 13.9 Å². The number of hydrogen-bond acceptors (Lipinski definition) is 3. The molecule has 3 N–H and O–H groups in total. The Bertz CT molecular complexity index is 573. The second kappa shape index (κ2) is 7.40. The summed E-state index contributed by atoms with van der Waals surface area (Å²) in [5, 5.41) is 3.27. The topological polar surface area (TPSA) is 64.4 Å².